The number of aliphatic hydroxyl groups excluding tert-OH is 1. The summed E-state index contributed by atoms with van der Waals surface area (Å²) in [6.07, 6.45) is -2.15. The highest BCUT2D eigenvalue weighted by Crippen LogP contribution is 2.37. The number of nitriles is 1. The Morgan fingerprint density at radius 3 is 2.43 bits per heavy atom. The molecular formula is C29H39N5O7S. The molecule has 1 heterocycles. The number of rotatable bonds is 14. The van der Waals surface area contributed by atoms with E-state index in [4.69, 9.17) is 14.7 Å². The van der Waals surface area contributed by atoms with Gasteiger partial charge < -0.3 is 19.9 Å². The molecule has 0 radical (unpaired) electrons. The molecule has 3 N–H and O–H groups in total. The molecule has 0 bridgehead atoms. The zero-order chi connectivity index (χ0) is 30.9. The molecule has 0 aliphatic carbocycles. The van der Waals surface area contributed by atoms with E-state index in [2.05, 4.69) is 10.7 Å². The van der Waals surface area contributed by atoms with E-state index >= 15 is 0 Å². The molecule has 12 nitrogen and oxygen atoms in total. The molecule has 42 heavy (non-hydrogen) atoms. The third-order valence-corrected chi connectivity index (χ3v) is 8.29. The van der Waals surface area contributed by atoms with Crippen LogP contribution in [0.4, 0.5) is 0 Å². The molecule has 1 aliphatic rings. The highest BCUT2D eigenvalue weighted by atomic mass is 32.2. The summed E-state index contributed by atoms with van der Waals surface area (Å²) >= 11 is 0. The second-order valence-electron chi connectivity index (χ2n) is 10.4. The number of hydrogen-bond donors (Lipinski definition) is 3. The number of carbonyl (C=O) groups is 2. The largest absolute Gasteiger partial charge is 0.451 e. The highest BCUT2D eigenvalue weighted by Gasteiger charge is 2.36. The van der Waals surface area contributed by atoms with E-state index in [1.54, 1.807) is 26.1 Å². The van der Waals surface area contributed by atoms with Gasteiger partial charge in [-0.3, -0.25) is 15.0 Å². The summed E-state index contributed by atoms with van der Waals surface area (Å²) in [4.78, 5) is 25.8. The first-order valence-corrected chi connectivity index (χ1v) is 15.2. The van der Waals surface area contributed by atoms with Crippen molar-refractivity contribution in [2.45, 2.75) is 63.4 Å². The van der Waals surface area contributed by atoms with Crippen LogP contribution in [-0.2, 0) is 26.0 Å². The van der Waals surface area contributed by atoms with Gasteiger partial charge in [-0.15, -0.1) is 0 Å². The molecule has 1 unspecified atom stereocenters. The Morgan fingerprint density at radius 2 is 1.79 bits per heavy atom. The Morgan fingerprint density at radius 1 is 1.10 bits per heavy atom. The van der Waals surface area contributed by atoms with E-state index in [0.717, 1.165) is 10.6 Å². The molecular weight excluding hydrogens is 562 g/mol. The average molecular weight is 602 g/mol. The van der Waals surface area contributed by atoms with Gasteiger partial charge in [0.15, 0.2) is 11.5 Å². The number of nitrogens with zero attached hydrogens (tertiary/aromatic N) is 3. The van der Waals surface area contributed by atoms with Crippen LogP contribution in [0.3, 0.4) is 0 Å². The molecule has 3 rings (SSSR count). The zero-order valence-electron chi connectivity index (χ0n) is 24.3. The van der Waals surface area contributed by atoms with Crippen molar-refractivity contribution < 1.29 is 32.6 Å². The van der Waals surface area contributed by atoms with Gasteiger partial charge in [0.1, 0.15) is 0 Å². The lowest BCUT2D eigenvalue weighted by atomic mass is 9.99. The molecule has 0 saturated heterocycles. The van der Waals surface area contributed by atoms with Crippen LogP contribution < -0.4 is 20.2 Å². The summed E-state index contributed by atoms with van der Waals surface area (Å²) in [5, 5.41) is 24.5. The lowest BCUT2D eigenvalue weighted by Crippen LogP contribution is -2.60. The Labute approximate surface area is 247 Å². The van der Waals surface area contributed by atoms with Crippen molar-refractivity contribution in [3.05, 3.63) is 54.1 Å². The fraction of sp³-hybridized carbons (Fsp3) is 0.483. The summed E-state index contributed by atoms with van der Waals surface area (Å²) in [5.41, 5.74) is 3.31. The van der Waals surface area contributed by atoms with Crippen molar-refractivity contribution in [1.29, 1.82) is 5.26 Å². The van der Waals surface area contributed by atoms with E-state index in [1.165, 1.54) is 22.5 Å². The molecule has 0 saturated carbocycles. The summed E-state index contributed by atoms with van der Waals surface area (Å²) in [5.74, 6) is -0.475. The maximum atomic E-state index is 13.9. The third-order valence-electron chi connectivity index (χ3n) is 6.46. The van der Waals surface area contributed by atoms with Gasteiger partial charge in [0.25, 0.3) is 5.91 Å². The first-order valence-electron chi connectivity index (χ1n) is 13.8. The Balaban J connectivity index is 1.99. The van der Waals surface area contributed by atoms with E-state index < -0.39 is 40.3 Å². The zero-order valence-corrected chi connectivity index (χ0v) is 25.1. The van der Waals surface area contributed by atoms with E-state index in [1.807, 2.05) is 38.1 Å². The lowest BCUT2D eigenvalue weighted by Gasteiger charge is -2.37. The number of fused-ring (bicyclic) bond motifs is 1. The summed E-state index contributed by atoms with van der Waals surface area (Å²) < 4.78 is 40.0. The van der Waals surface area contributed by atoms with Crippen LogP contribution in [0.25, 0.3) is 0 Å². The molecule has 228 valence electrons. The second kappa shape index (κ2) is 15.0. The maximum Gasteiger partial charge on any atom is 0.252 e. The molecule has 1 aliphatic heterocycles. The fourth-order valence-corrected chi connectivity index (χ4v) is 6.22. The SMILES string of the molecule is CNCC(=O)NN(C(=O)CCC#N)[C@@H](Cc1ccccc1)[C@H](O)CN(CC(C)C)S(=O)(=O)c1ccc2c(c1)OC(C)O2. The van der Waals surface area contributed by atoms with Crippen LogP contribution in [0.5, 0.6) is 11.5 Å². The smallest absolute Gasteiger partial charge is 0.252 e. The lowest BCUT2D eigenvalue weighted by molar-refractivity contribution is -0.147. The van der Waals surface area contributed by atoms with Crippen molar-refractivity contribution >= 4 is 21.8 Å². The molecule has 13 heteroatoms. The molecule has 3 atom stereocenters. The predicted molar refractivity (Wildman–Crippen MR) is 154 cm³/mol. The second-order valence-corrected chi connectivity index (χ2v) is 12.4. The number of likely N-dealkylation sites (N-methyl/N-ethyl adjacent to an activating group) is 1. The number of carbonyl (C=O) groups excluding carboxylic acids is 2. The van der Waals surface area contributed by atoms with Crippen LogP contribution in [0.15, 0.2) is 53.4 Å². The van der Waals surface area contributed by atoms with Crippen molar-refractivity contribution in [2.24, 2.45) is 5.92 Å². The summed E-state index contributed by atoms with van der Waals surface area (Å²) in [6.45, 7) is 5.01. The van der Waals surface area contributed by atoms with Gasteiger partial charge in [-0.05, 0) is 37.1 Å². The van der Waals surface area contributed by atoms with Crippen LogP contribution in [-0.4, -0.2) is 79.8 Å². The van der Waals surface area contributed by atoms with Crippen LogP contribution >= 0.6 is 0 Å². The van der Waals surface area contributed by atoms with Gasteiger partial charge in [0.2, 0.25) is 22.2 Å². The molecule has 0 aromatic heterocycles. The van der Waals surface area contributed by atoms with E-state index in [-0.39, 0.29) is 49.7 Å². The van der Waals surface area contributed by atoms with Gasteiger partial charge in [-0.2, -0.15) is 9.57 Å². The first-order chi connectivity index (χ1) is 20.0. The number of sulfonamides is 1. The number of aliphatic hydroxyl groups is 1. The minimum Gasteiger partial charge on any atom is -0.451 e. The molecule has 2 aromatic rings. The van der Waals surface area contributed by atoms with Crippen LogP contribution in [0.1, 0.15) is 39.2 Å². The molecule has 0 spiro atoms. The van der Waals surface area contributed by atoms with Crippen molar-refractivity contribution in [1.82, 2.24) is 20.1 Å². The van der Waals surface area contributed by atoms with Gasteiger partial charge in [0.05, 0.1) is 29.7 Å². The molecule has 2 amide bonds. The number of nitrogens with one attached hydrogen (secondary N) is 2. The number of hydrogen-bond acceptors (Lipinski definition) is 9. The number of amides is 2. The normalized spacial score (nSPS) is 15.7. The van der Waals surface area contributed by atoms with E-state index in [0.29, 0.717) is 11.5 Å². The van der Waals surface area contributed by atoms with Gasteiger partial charge in [-0.1, -0.05) is 44.2 Å². The summed E-state index contributed by atoms with van der Waals surface area (Å²) in [7, 11) is -2.56. The average Bonchev–Trinajstić information content (AvgIpc) is 3.33. The Bertz CT molecular complexity index is 1360. The Kier molecular flexibility index (Phi) is 11.7. The number of ether oxygens (including phenoxy) is 2. The van der Waals surface area contributed by atoms with Gasteiger partial charge in [0, 0.05) is 38.9 Å². The topological polar surface area (TPSA) is 161 Å². The number of benzene rings is 2. The standard InChI is InChI=1S/C29H39N5O7S/c1-20(2)18-33(42(38,39)23-12-13-26-27(16-23)41-21(3)40-26)19-25(35)24(15-22-9-6-5-7-10-22)34(29(37)11-8-14-30)32-28(36)17-31-4/h5-7,9-10,12-13,16,20-21,24-25,31,35H,8,11,15,17-19H2,1-4H3,(H,32,36)/t21?,24-,25+/m0/s1. The van der Waals surface area contributed by atoms with Crippen molar-refractivity contribution in [2.75, 3.05) is 26.7 Å². The summed E-state index contributed by atoms with van der Waals surface area (Å²) in [6, 6.07) is 14.3. The van der Waals surface area contributed by atoms with Crippen molar-refractivity contribution in [3.63, 3.8) is 0 Å². The van der Waals surface area contributed by atoms with Crippen LogP contribution in [0.2, 0.25) is 0 Å². The quantitative estimate of drug-likeness (QED) is 0.274. The predicted octanol–water partition coefficient (Wildman–Crippen LogP) is 1.81. The minimum absolute atomic E-state index is 0.0318. The third kappa shape index (κ3) is 8.65. The fourth-order valence-electron chi connectivity index (χ4n) is 4.58. The first kappa shape index (κ1) is 32.8. The minimum atomic E-state index is -4.13. The van der Waals surface area contributed by atoms with Crippen molar-refractivity contribution in [3.8, 4) is 17.6 Å². The Hall–Kier alpha value is -3.70. The van der Waals surface area contributed by atoms with Crippen LogP contribution in [0, 0.1) is 17.2 Å². The molecule has 0 fully saturated rings. The van der Waals surface area contributed by atoms with E-state index in [9.17, 15) is 23.1 Å². The molecule has 2 aromatic carbocycles. The highest BCUT2D eigenvalue weighted by molar-refractivity contribution is 7.89. The van der Waals surface area contributed by atoms with Gasteiger partial charge in [-0.25, -0.2) is 13.4 Å². The monoisotopic (exact) mass is 601 g/mol. The maximum absolute atomic E-state index is 13.9. The van der Waals surface area contributed by atoms with Gasteiger partial charge >= 0.3 is 0 Å². The number of hydrazine groups is 1.